The van der Waals surface area contributed by atoms with Crippen LogP contribution in [0.4, 0.5) is 0 Å². The molecule has 150 valence electrons. The van der Waals surface area contributed by atoms with Crippen LogP contribution in [-0.2, 0) is 0 Å². The van der Waals surface area contributed by atoms with Gasteiger partial charge in [0.1, 0.15) is 10.8 Å². The predicted molar refractivity (Wildman–Crippen MR) is 112 cm³/mol. The number of hydrogen-bond acceptors (Lipinski definition) is 5. The number of likely N-dealkylation sites (tertiary alicyclic amines) is 1. The number of furan rings is 1. The molecule has 1 atom stereocenters. The van der Waals surface area contributed by atoms with E-state index in [1.165, 1.54) is 44.9 Å². The summed E-state index contributed by atoms with van der Waals surface area (Å²) in [4.78, 5) is 19.9. The smallest absolute Gasteiger partial charge is 0.254 e. The van der Waals surface area contributed by atoms with Crippen molar-refractivity contribution in [3.63, 3.8) is 0 Å². The van der Waals surface area contributed by atoms with Gasteiger partial charge in [0.05, 0.1) is 17.9 Å². The molecule has 2 aliphatic rings. The van der Waals surface area contributed by atoms with Gasteiger partial charge in [0.25, 0.3) is 5.91 Å². The lowest BCUT2D eigenvalue weighted by Gasteiger charge is -2.33. The van der Waals surface area contributed by atoms with Crippen LogP contribution >= 0.6 is 11.8 Å². The summed E-state index contributed by atoms with van der Waals surface area (Å²) in [5.41, 5.74) is 0.691. The van der Waals surface area contributed by atoms with Gasteiger partial charge >= 0.3 is 0 Å². The Labute approximate surface area is 171 Å². The molecule has 1 N–H and O–H groups in total. The number of carbonyl (C=O) groups excluding carboxylic acids is 1. The fraction of sp³-hybridized carbons (Fsp3) is 0.545. The number of rotatable bonds is 7. The van der Waals surface area contributed by atoms with Gasteiger partial charge in [-0.1, -0.05) is 19.3 Å². The molecule has 2 aromatic heterocycles. The number of piperidine rings is 1. The van der Waals surface area contributed by atoms with Crippen LogP contribution in [0.1, 0.15) is 67.1 Å². The molecule has 1 aliphatic carbocycles. The molecule has 2 fully saturated rings. The first-order chi connectivity index (χ1) is 13.8. The number of aromatic nitrogens is 1. The van der Waals surface area contributed by atoms with Crippen molar-refractivity contribution in [3.8, 4) is 0 Å². The SMILES string of the molecule is O=C(NCC(c1ccco1)N1CCCCC1)c1cccnc1SC1CCCC1. The highest BCUT2D eigenvalue weighted by molar-refractivity contribution is 7.99. The van der Waals surface area contributed by atoms with Gasteiger partial charge in [-0.25, -0.2) is 4.98 Å². The fourth-order valence-corrected chi connectivity index (χ4v) is 5.52. The van der Waals surface area contributed by atoms with Crippen molar-refractivity contribution in [2.45, 2.75) is 61.3 Å². The Balaban J connectivity index is 1.43. The van der Waals surface area contributed by atoms with Gasteiger partial charge < -0.3 is 9.73 Å². The van der Waals surface area contributed by atoms with E-state index < -0.39 is 0 Å². The molecule has 0 aromatic carbocycles. The summed E-state index contributed by atoms with van der Waals surface area (Å²) in [6.45, 7) is 2.66. The van der Waals surface area contributed by atoms with Crippen molar-refractivity contribution in [2.75, 3.05) is 19.6 Å². The maximum Gasteiger partial charge on any atom is 0.254 e. The van der Waals surface area contributed by atoms with Crippen molar-refractivity contribution in [1.29, 1.82) is 0 Å². The number of pyridine rings is 1. The lowest BCUT2D eigenvalue weighted by atomic mass is 10.1. The minimum Gasteiger partial charge on any atom is -0.468 e. The lowest BCUT2D eigenvalue weighted by molar-refractivity contribution is 0.0910. The molecule has 1 amide bonds. The highest BCUT2D eigenvalue weighted by Gasteiger charge is 2.26. The topological polar surface area (TPSA) is 58.4 Å². The van der Waals surface area contributed by atoms with Crippen molar-refractivity contribution >= 4 is 17.7 Å². The number of amides is 1. The molecule has 0 bridgehead atoms. The summed E-state index contributed by atoms with van der Waals surface area (Å²) in [5, 5.41) is 4.61. The van der Waals surface area contributed by atoms with Gasteiger partial charge in [0.2, 0.25) is 0 Å². The Hall–Kier alpha value is -1.79. The Morgan fingerprint density at radius 2 is 2.00 bits per heavy atom. The van der Waals surface area contributed by atoms with Crippen LogP contribution < -0.4 is 5.32 Å². The molecule has 28 heavy (non-hydrogen) atoms. The average Bonchev–Trinajstić information content (AvgIpc) is 3.44. The molecule has 1 saturated carbocycles. The quantitative estimate of drug-likeness (QED) is 0.733. The first-order valence-electron chi connectivity index (χ1n) is 10.5. The number of hydrogen-bond donors (Lipinski definition) is 1. The normalized spacial score (nSPS) is 19.6. The van der Waals surface area contributed by atoms with Crippen molar-refractivity contribution in [2.24, 2.45) is 0 Å². The van der Waals surface area contributed by atoms with Gasteiger partial charge in [0.15, 0.2) is 0 Å². The zero-order valence-corrected chi connectivity index (χ0v) is 17.1. The maximum atomic E-state index is 13.0. The van der Waals surface area contributed by atoms with Crippen LogP contribution in [0.5, 0.6) is 0 Å². The van der Waals surface area contributed by atoms with Gasteiger partial charge in [0, 0.05) is 18.0 Å². The minimum absolute atomic E-state index is 0.0397. The van der Waals surface area contributed by atoms with Gasteiger partial charge in [-0.05, 0) is 63.0 Å². The Morgan fingerprint density at radius 1 is 1.18 bits per heavy atom. The molecule has 1 aliphatic heterocycles. The maximum absolute atomic E-state index is 13.0. The molecule has 5 nitrogen and oxygen atoms in total. The molecule has 6 heteroatoms. The third-order valence-corrected chi connectivity index (χ3v) is 7.11. The summed E-state index contributed by atoms with van der Waals surface area (Å²) in [5.74, 6) is 0.885. The number of thioether (sulfide) groups is 1. The third kappa shape index (κ3) is 4.78. The van der Waals surface area contributed by atoms with Crippen LogP contribution in [0.15, 0.2) is 46.2 Å². The largest absolute Gasteiger partial charge is 0.468 e. The zero-order valence-electron chi connectivity index (χ0n) is 16.3. The molecule has 0 spiro atoms. The third-order valence-electron chi connectivity index (χ3n) is 5.76. The summed E-state index contributed by atoms with van der Waals surface area (Å²) >= 11 is 1.77. The molecular weight excluding hydrogens is 370 g/mol. The van der Waals surface area contributed by atoms with E-state index in [1.807, 2.05) is 24.3 Å². The molecule has 3 heterocycles. The average molecular weight is 400 g/mol. The summed E-state index contributed by atoms with van der Waals surface area (Å²) in [6.07, 6.45) is 12.2. The van der Waals surface area contributed by atoms with Crippen molar-refractivity contribution < 1.29 is 9.21 Å². The van der Waals surface area contributed by atoms with E-state index in [1.54, 1.807) is 24.2 Å². The van der Waals surface area contributed by atoms with E-state index >= 15 is 0 Å². The molecule has 0 radical (unpaired) electrons. The fourth-order valence-electron chi connectivity index (χ4n) is 4.23. The zero-order chi connectivity index (χ0) is 19.2. The number of carbonyl (C=O) groups is 1. The molecule has 2 aromatic rings. The summed E-state index contributed by atoms with van der Waals surface area (Å²) in [6, 6.07) is 7.76. The highest BCUT2D eigenvalue weighted by Crippen LogP contribution is 2.35. The predicted octanol–water partition coefficient (Wildman–Crippen LogP) is 4.67. The van der Waals surface area contributed by atoms with Crippen LogP contribution in [0.3, 0.4) is 0 Å². The monoisotopic (exact) mass is 399 g/mol. The summed E-state index contributed by atoms with van der Waals surface area (Å²) < 4.78 is 5.69. The molecule has 4 rings (SSSR count). The Kier molecular flexibility index (Phi) is 6.70. The number of nitrogens with one attached hydrogen (secondary N) is 1. The van der Waals surface area contributed by atoms with E-state index in [0.717, 1.165) is 23.9 Å². The van der Waals surface area contributed by atoms with E-state index in [-0.39, 0.29) is 11.9 Å². The van der Waals surface area contributed by atoms with E-state index in [9.17, 15) is 4.79 Å². The second-order valence-corrected chi connectivity index (χ2v) is 9.01. The second-order valence-electron chi connectivity index (χ2n) is 7.72. The van der Waals surface area contributed by atoms with Crippen LogP contribution in [0.25, 0.3) is 0 Å². The number of nitrogens with zero attached hydrogens (tertiary/aromatic N) is 2. The van der Waals surface area contributed by atoms with Crippen LogP contribution in [0, 0.1) is 0 Å². The summed E-state index contributed by atoms with van der Waals surface area (Å²) in [7, 11) is 0. The standard InChI is InChI=1S/C22H29N3O2S/c26-21(18-10-6-12-23-22(18)28-17-8-2-3-9-17)24-16-19(20-11-7-15-27-20)25-13-4-1-5-14-25/h6-7,10-12,15,17,19H,1-5,8-9,13-14,16H2,(H,24,26). The van der Waals surface area contributed by atoms with Gasteiger partial charge in [-0.15, -0.1) is 11.8 Å². The Bertz CT molecular complexity index is 753. The lowest BCUT2D eigenvalue weighted by Crippen LogP contribution is -2.40. The van der Waals surface area contributed by atoms with E-state index in [2.05, 4.69) is 15.2 Å². The Morgan fingerprint density at radius 3 is 2.75 bits per heavy atom. The van der Waals surface area contributed by atoms with Gasteiger partial charge in [-0.2, -0.15) is 0 Å². The molecular formula is C22H29N3O2S. The van der Waals surface area contributed by atoms with Crippen molar-refractivity contribution in [3.05, 3.63) is 48.0 Å². The first-order valence-corrected chi connectivity index (χ1v) is 11.4. The van der Waals surface area contributed by atoms with Crippen LogP contribution in [0.2, 0.25) is 0 Å². The van der Waals surface area contributed by atoms with Crippen molar-refractivity contribution in [1.82, 2.24) is 15.2 Å². The molecule has 1 saturated heterocycles. The van der Waals surface area contributed by atoms with E-state index in [0.29, 0.717) is 17.4 Å². The van der Waals surface area contributed by atoms with Gasteiger partial charge in [-0.3, -0.25) is 9.69 Å². The second kappa shape index (κ2) is 9.61. The van der Waals surface area contributed by atoms with Crippen LogP contribution in [-0.4, -0.2) is 40.7 Å². The highest BCUT2D eigenvalue weighted by atomic mass is 32.2. The molecule has 1 unspecified atom stereocenters. The van der Waals surface area contributed by atoms with E-state index in [4.69, 9.17) is 4.42 Å². The first kappa shape index (κ1) is 19.5. The minimum atomic E-state index is -0.0397.